The standard InChI is InChI=1S/C18H29BrN2/c1-3-5-15-6-4-10-21(11-9-15)18(13-20)16-8-7-14(2)12-17(16)19/h7-8,12,15,18H,3-6,9-11,13,20H2,1-2H3. The van der Waals surface area contributed by atoms with Gasteiger partial charge in [0.2, 0.25) is 0 Å². The van der Waals surface area contributed by atoms with Crippen molar-refractivity contribution in [3.8, 4) is 0 Å². The molecule has 1 fully saturated rings. The molecule has 0 aromatic heterocycles. The van der Waals surface area contributed by atoms with Crippen LogP contribution in [0.1, 0.15) is 56.2 Å². The van der Waals surface area contributed by atoms with Crippen LogP contribution in [0.2, 0.25) is 0 Å². The van der Waals surface area contributed by atoms with Crippen LogP contribution in [0.25, 0.3) is 0 Å². The first-order chi connectivity index (χ1) is 10.2. The Morgan fingerprint density at radius 1 is 1.33 bits per heavy atom. The molecule has 1 heterocycles. The van der Waals surface area contributed by atoms with Crippen molar-refractivity contribution in [1.82, 2.24) is 4.90 Å². The Morgan fingerprint density at radius 3 is 2.81 bits per heavy atom. The second-order valence-corrected chi connectivity index (χ2v) is 7.25. The Hall–Kier alpha value is -0.380. The first kappa shape index (κ1) is 17.0. The Morgan fingerprint density at radius 2 is 2.14 bits per heavy atom. The van der Waals surface area contributed by atoms with E-state index in [-0.39, 0.29) is 0 Å². The van der Waals surface area contributed by atoms with E-state index in [1.54, 1.807) is 0 Å². The number of benzene rings is 1. The molecular weight excluding hydrogens is 324 g/mol. The summed E-state index contributed by atoms with van der Waals surface area (Å²) in [6.45, 7) is 7.50. The van der Waals surface area contributed by atoms with Crippen molar-refractivity contribution >= 4 is 15.9 Å². The number of halogens is 1. The van der Waals surface area contributed by atoms with Gasteiger partial charge in [-0.25, -0.2) is 0 Å². The minimum absolute atomic E-state index is 0.348. The Kier molecular flexibility index (Phi) is 6.72. The fourth-order valence-corrected chi connectivity index (χ4v) is 4.33. The van der Waals surface area contributed by atoms with E-state index in [1.807, 2.05) is 0 Å². The third-order valence-corrected chi connectivity index (χ3v) is 5.44. The molecule has 0 radical (unpaired) electrons. The van der Waals surface area contributed by atoms with E-state index >= 15 is 0 Å². The van der Waals surface area contributed by atoms with Crippen LogP contribution in [0.3, 0.4) is 0 Å². The molecule has 2 atom stereocenters. The van der Waals surface area contributed by atoms with E-state index in [0.29, 0.717) is 12.6 Å². The van der Waals surface area contributed by atoms with Crippen LogP contribution in [0.15, 0.2) is 22.7 Å². The zero-order valence-electron chi connectivity index (χ0n) is 13.4. The summed E-state index contributed by atoms with van der Waals surface area (Å²) in [6, 6.07) is 6.99. The maximum absolute atomic E-state index is 6.12. The minimum atomic E-state index is 0.348. The number of hydrogen-bond acceptors (Lipinski definition) is 2. The molecule has 1 aliphatic rings. The fourth-order valence-electron chi connectivity index (χ4n) is 3.57. The smallest absolute Gasteiger partial charge is 0.0481 e. The molecule has 2 N–H and O–H groups in total. The molecule has 0 amide bonds. The summed E-state index contributed by atoms with van der Waals surface area (Å²) in [5, 5.41) is 0. The van der Waals surface area contributed by atoms with E-state index in [1.165, 1.54) is 60.8 Å². The molecule has 3 heteroatoms. The monoisotopic (exact) mass is 352 g/mol. The normalized spacial score (nSPS) is 22.0. The van der Waals surface area contributed by atoms with Gasteiger partial charge in [0.05, 0.1) is 0 Å². The molecule has 0 bridgehead atoms. The average molecular weight is 353 g/mol. The highest BCUT2D eigenvalue weighted by Gasteiger charge is 2.24. The van der Waals surface area contributed by atoms with E-state index in [2.05, 4.69) is 52.9 Å². The highest BCUT2D eigenvalue weighted by molar-refractivity contribution is 9.10. The molecule has 0 spiro atoms. The lowest BCUT2D eigenvalue weighted by molar-refractivity contribution is 0.206. The quantitative estimate of drug-likeness (QED) is 0.834. The molecule has 1 aromatic rings. The van der Waals surface area contributed by atoms with E-state index < -0.39 is 0 Å². The summed E-state index contributed by atoms with van der Waals surface area (Å²) in [6.07, 6.45) is 6.72. The second-order valence-electron chi connectivity index (χ2n) is 6.40. The van der Waals surface area contributed by atoms with Crippen molar-refractivity contribution in [2.24, 2.45) is 11.7 Å². The Balaban J connectivity index is 2.10. The number of nitrogens with two attached hydrogens (primary N) is 1. The van der Waals surface area contributed by atoms with Crippen LogP contribution in [0, 0.1) is 12.8 Å². The third kappa shape index (κ3) is 4.54. The third-order valence-electron chi connectivity index (χ3n) is 4.76. The van der Waals surface area contributed by atoms with Gasteiger partial charge in [-0.1, -0.05) is 47.8 Å². The number of hydrogen-bond donors (Lipinski definition) is 1. The largest absolute Gasteiger partial charge is 0.329 e. The van der Waals surface area contributed by atoms with E-state index in [9.17, 15) is 0 Å². The average Bonchev–Trinajstić information content (AvgIpc) is 2.68. The van der Waals surface area contributed by atoms with Crippen LogP contribution >= 0.6 is 15.9 Å². The highest BCUT2D eigenvalue weighted by atomic mass is 79.9. The molecule has 21 heavy (non-hydrogen) atoms. The zero-order valence-corrected chi connectivity index (χ0v) is 15.0. The van der Waals surface area contributed by atoms with Gasteiger partial charge < -0.3 is 5.73 Å². The van der Waals surface area contributed by atoms with Crippen molar-refractivity contribution < 1.29 is 0 Å². The van der Waals surface area contributed by atoms with Crippen molar-refractivity contribution in [2.45, 2.75) is 52.0 Å². The van der Waals surface area contributed by atoms with Gasteiger partial charge in [-0.3, -0.25) is 4.90 Å². The molecule has 118 valence electrons. The number of rotatable bonds is 5. The molecule has 2 unspecified atom stereocenters. The van der Waals surface area contributed by atoms with Gasteiger partial charge in [0, 0.05) is 17.1 Å². The highest BCUT2D eigenvalue weighted by Crippen LogP contribution is 2.31. The maximum atomic E-state index is 6.12. The predicted molar refractivity (Wildman–Crippen MR) is 94.5 cm³/mol. The second kappa shape index (κ2) is 8.30. The Labute approximate surface area is 138 Å². The van der Waals surface area contributed by atoms with Gasteiger partial charge in [-0.15, -0.1) is 0 Å². The Bertz CT molecular complexity index is 447. The topological polar surface area (TPSA) is 29.3 Å². The molecule has 2 nitrogen and oxygen atoms in total. The molecule has 0 aliphatic carbocycles. The molecule has 1 saturated heterocycles. The first-order valence-corrected chi connectivity index (χ1v) is 9.15. The van der Waals surface area contributed by atoms with E-state index in [0.717, 1.165) is 5.92 Å². The van der Waals surface area contributed by atoms with Crippen LogP contribution in [0.4, 0.5) is 0 Å². The predicted octanol–water partition coefficient (Wildman–Crippen LogP) is 4.66. The SMILES string of the molecule is CCCC1CCCN(C(CN)c2ccc(C)cc2Br)CC1. The van der Waals surface area contributed by atoms with Crippen LogP contribution < -0.4 is 5.73 Å². The zero-order chi connectivity index (χ0) is 15.2. The van der Waals surface area contributed by atoms with Crippen molar-refractivity contribution in [1.29, 1.82) is 0 Å². The summed E-state index contributed by atoms with van der Waals surface area (Å²) in [4.78, 5) is 2.60. The van der Waals surface area contributed by atoms with Crippen LogP contribution in [-0.4, -0.2) is 24.5 Å². The summed E-state index contributed by atoms with van der Waals surface area (Å²) in [5.41, 5.74) is 8.76. The summed E-state index contributed by atoms with van der Waals surface area (Å²) in [7, 11) is 0. The summed E-state index contributed by atoms with van der Waals surface area (Å²) < 4.78 is 1.20. The lowest BCUT2D eigenvalue weighted by atomic mass is 9.96. The van der Waals surface area contributed by atoms with E-state index in [4.69, 9.17) is 5.73 Å². The molecule has 1 aromatic carbocycles. The first-order valence-electron chi connectivity index (χ1n) is 8.35. The summed E-state index contributed by atoms with van der Waals surface area (Å²) >= 11 is 3.73. The van der Waals surface area contributed by atoms with Crippen molar-refractivity contribution in [2.75, 3.05) is 19.6 Å². The maximum Gasteiger partial charge on any atom is 0.0481 e. The molecular formula is C18H29BrN2. The number of likely N-dealkylation sites (tertiary alicyclic amines) is 1. The number of nitrogens with zero attached hydrogens (tertiary/aromatic N) is 1. The molecule has 2 rings (SSSR count). The van der Waals surface area contributed by atoms with Gasteiger partial charge in [-0.2, -0.15) is 0 Å². The molecule has 0 saturated carbocycles. The van der Waals surface area contributed by atoms with Crippen molar-refractivity contribution in [3.05, 3.63) is 33.8 Å². The van der Waals surface area contributed by atoms with Crippen LogP contribution in [-0.2, 0) is 0 Å². The van der Waals surface area contributed by atoms with Crippen molar-refractivity contribution in [3.63, 3.8) is 0 Å². The lowest BCUT2D eigenvalue weighted by Gasteiger charge is -2.31. The van der Waals surface area contributed by atoms with Gasteiger partial charge in [0.25, 0.3) is 0 Å². The van der Waals surface area contributed by atoms with Gasteiger partial charge in [-0.05, 0) is 62.4 Å². The van der Waals surface area contributed by atoms with Gasteiger partial charge in [0.15, 0.2) is 0 Å². The van der Waals surface area contributed by atoms with Gasteiger partial charge in [0.1, 0.15) is 0 Å². The number of aryl methyl sites for hydroxylation is 1. The fraction of sp³-hybridized carbons (Fsp3) is 0.667. The van der Waals surface area contributed by atoms with Gasteiger partial charge >= 0.3 is 0 Å². The van der Waals surface area contributed by atoms with Crippen LogP contribution in [0.5, 0.6) is 0 Å². The minimum Gasteiger partial charge on any atom is -0.329 e. The summed E-state index contributed by atoms with van der Waals surface area (Å²) in [5.74, 6) is 0.917. The lowest BCUT2D eigenvalue weighted by Crippen LogP contribution is -2.35. The molecule has 1 aliphatic heterocycles.